The molecule has 1 aliphatic heterocycles. The number of ether oxygens (including phenoxy) is 1. The third-order valence-corrected chi connectivity index (χ3v) is 3.09. The molecule has 1 aliphatic rings. The van der Waals surface area contributed by atoms with Gasteiger partial charge in [0.2, 0.25) is 0 Å². The number of nitrogens with zero attached hydrogens (tertiary/aromatic N) is 2. The number of hydrazone groups is 1. The van der Waals surface area contributed by atoms with Crippen LogP contribution < -0.4 is 5.01 Å². The molecule has 19 heavy (non-hydrogen) atoms. The van der Waals surface area contributed by atoms with Crippen LogP contribution in [0.3, 0.4) is 0 Å². The molecular weight excluding hydrogens is 264 g/mol. The van der Waals surface area contributed by atoms with Crippen molar-refractivity contribution in [2.75, 3.05) is 5.01 Å². The van der Waals surface area contributed by atoms with Crippen molar-refractivity contribution in [3.63, 3.8) is 0 Å². The minimum atomic E-state index is -0.456. The van der Waals surface area contributed by atoms with Gasteiger partial charge in [-0.25, -0.2) is 4.79 Å². The Morgan fingerprint density at radius 1 is 1.37 bits per heavy atom. The van der Waals surface area contributed by atoms with Gasteiger partial charge >= 0.3 is 6.09 Å². The van der Waals surface area contributed by atoms with E-state index in [4.69, 9.17) is 16.3 Å². The monoisotopic (exact) mass is 280 g/mol. The van der Waals surface area contributed by atoms with E-state index in [9.17, 15) is 4.79 Å². The number of cyclic esters (lactones) is 1. The summed E-state index contributed by atoms with van der Waals surface area (Å²) in [6.07, 6.45) is 0.0826. The molecule has 1 unspecified atom stereocenters. The van der Waals surface area contributed by atoms with E-state index >= 15 is 0 Å². The second-order valence-corrected chi connectivity index (χ2v) is 5.44. The van der Waals surface area contributed by atoms with Crippen molar-refractivity contribution in [3.05, 3.63) is 29.3 Å². The zero-order valence-electron chi connectivity index (χ0n) is 11.3. The van der Waals surface area contributed by atoms with Crippen molar-refractivity contribution in [3.8, 4) is 0 Å². The van der Waals surface area contributed by atoms with Crippen molar-refractivity contribution in [2.24, 2.45) is 11.0 Å². The van der Waals surface area contributed by atoms with Crippen LogP contribution in [-0.4, -0.2) is 17.9 Å². The van der Waals surface area contributed by atoms with Crippen molar-refractivity contribution >= 4 is 29.1 Å². The molecule has 0 fully saturated rings. The summed E-state index contributed by atoms with van der Waals surface area (Å²) in [4.78, 5) is 11.9. The van der Waals surface area contributed by atoms with Gasteiger partial charge in [-0.05, 0) is 43.5 Å². The van der Waals surface area contributed by atoms with Gasteiger partial charge in [0.15, 0.2) is 0 Å². The molecule has 0 N–H and O–H groups in total. The molecule has 1 amide bonds. The first-order valence-electron chi connectivity index (χ1n) is 6.31. The van der Waals surface area contributed by atoms with Crippen LogP contribution in [0.1, 0.15) is 27.2 Å². The Morgan fingerprint density at radius 2 is 2.00 bits per heavy atom. The summed E-state index contributed by atoms with van der Waals surface area (Å²) >= 11 is 5.84. The van der Waals surface area contributed by atoms with Gasteiger partial charge in [0.1, 0.15) is 6.10 Å². The maximum absolute atomic E-state index is 11.9. The van der Waals surface area contributed by atoms with E-state index < -0.39 is 6.09 Å². The van der Waals surface area contributed by atoms with Crippen molar-refractivity contribution in [1.82, 2.24) is 0 Å². The number of halogens is 1. The lowest BCUT2D eigenvalue weighted by molar-refractivity contribution is 0.134. The van der Waals surface area contributed by atoms with Crippen LogP contribution in [0.15, 0.2) is 29.4 Å². The normalized spacial score (nSPS) is 19.4. The van der Waals surface area contributed by atoms with Gasteiger partial charge in [-0.1, -0.05) is 25.4 Å². The zero-order chi connectivity index (χ0) is 14.0. The Labute approximate surface area is 118 Å². The number of hydrogen-bond donors (Lipinski definition) is 0. The van der Waals surface area contributed by atoms with Crippen LogP contribution in [0.5, 0.6) is 0 Å². The van der Waals surface area contributed by atoms with Gasteiger partial charge < -0.3 is 4.74 Å². The number of carbonyl (C=O) groups is 1. The molecule has 4 nitrogen and oxygen atoms in total. The summed E-state index contributed by atoms with van der Waals surface area (Å²) in [5.74, 6) is 0.463. The summed E-state index contributed by atoms with van der Waals surface area (Å²) in [5.41, 5.74) is 1.53. The highest BCUT2D eigenvalue weighted by atomic mass is 35.5. The Hall–Kier alpha value is -1.55. The molecule has 0 saturated carbocycles. The molecule has 2 rings (SSSR count). The number of hydrogen-bond acceptors (Lipinski definition) is 3. The highest BCUT2D eigenvalue weighted by Crippen LogP contribution is 2.23. The smallest absolute Gasteiger partial charge is 0.435 e. The third kappa shape index (κ3) is 3.26. The summed E-state index contributed by atoms with van der Waals surface area (Å²) in [5, 5.41) is 6.32. The molecule has 0 spiro atoms. The molecule has 1 aromatic carbocycles. The molecular formula is C14H17ClN2O2. The maximum atomic E-state index is 11.9. The molecule has 1 aromatic rings. The molecule has 0 aliphatic carbocycles. The molecule has 1 atom stereocenters. The summed E-state index contributed by atoms with van der Waals surface area (Å²) < 4.78 is 5.32. The van der Waals surface area contributed by atoms with Crippen LogP contribution >= 0.6 is 11.6 Å². The average Bonchev–Trinajstić information content (AvgIpc) is 2.33. The fraction of sp³-hybridized carbons (Fsp3) is 0.429. The van der Waals surface area contributed by atoms with E-state index in [0.29, 0.717) is 16.6 Å². The largest absolute Gasteiger partial charge is 0.439 e. The number of amides is 1. The Kier molecular flexibility index (Phi) is 4.10. The van der Waals surface area contributed by atoms with E-state index in [2.05, 4.69) is 18.9 Å². The van der Waals surface area contributed by atoms with Gasteiger partial charge in [0.25, 0.3) is 0 Å². The lowest BCUT2D eigenvalue weighted by Gasteiger charge is -2.28. The molecule has 0 bridgehead atoms. The number of benzene rings is 1. The summed E-state index contributed by atoms with van der Waals surface area (Å²) in [6, 6.07) is 6.94. The molecule has 0 radical (unpaired) electrons. The quantitative estimate of drug-likeness (QED) is 0.837. The zero-order valence-corrected chi connectivity index (χ0v) is 12.0. The van der Waals surface area contributed by atoms with Crippen LogP contribution in [0.2, 0.25) is 5.02 Å². The lowest BCUT2D eigenvalue weighted by atomic mass is 10.0. The minimum Gasteiger partial charge on any atom is -0.439 e. The van der Waals surface area contributed by atoms with E-state index in [1.807, 2.05) is 6.92 Å². The van der Waals surface area contributed by atoms with Crippen LogP contribution in [-0.2, 0) is 4.74 Å². The predicted octanol–water partition coefficient (Wildman–Crippen LogP) is 4.09. The number of anilines is 1. The molecule has 1 heterocycles. The van der Waals surface area contributed by atoms with E-state index in [-0.39, 0.29) is 6.10 Å². The fourth-order valence-electron chi connectivity index (χ4n) is 1.89. The first-order chi connectivity index (χ1) is 8.97. The van der Waals surface area contributed by atoms with Crippen LogP contribution in [0.4, 0.5) is 10.5 Å². The lowest BCUT2D eigenvalue weighted by Crippen LogP contribution is -2.40. The Bertz CT molecular complexity index is 497. The molecule has 102 valence electrons. The SMILES string of the molecule is CC(C)CC1=NN(c2ccc(Cl)cc2)C(=O)OC1C. The van der Waals surface area contributed by atoms with Gasteiger partial charge in [-0.3, -0.25) is 0 Å². The first kappa shape index (κ1) is 13.9. The highest BCUT2D eigenvalue weighted by Gasteiger charge is 2.28. The average molecular weight is 281 g/mol. The second-order valence-electron chi connectivity index (χ2n) is 5.00. The molecule has 5 heteroatoms. The standard InChI is InChI=1S/C14H17ClN2O2/c1-9(2)8-13-10(3)19-14(18)17(16-13)12-6-4-11(15)5-7-12/h4-7,9-10H,8H2,1-3H3. The van der Waals surface area contributed by atoms with Gasteiger partial charge in [0, 0.05) is 5.02 Å². The number of carbonyl (C=O) groups excluding carboxylic acids is 1. The first-order valence-corrected chi connectivity index (χ1v) is 6.69. The van der Waals surface area contributed by atoms with Crippen LogP contribution in [0.25, 0.3) is 0 Å². The van der Waals surface area contributed by atoms with E-state index in [1.54, 1.807) is 24.3 Å². The number of rotatable bonds is 3. The van der Waals surface area contributed by atoms with Gasteiger partial charge in [-0.2, -0.15) is 10.1 Å². The van der Waals surface area contributed by atoms with E-state index in [1.165, 1.54) is 5.01 Å². The Balaban J connectivity index is 2.30. The highest BCUT2D eigenvalue weighted by molar-refractivity contribution is 6.30. The maximum Gasteiger partial charge on any atom is 0.435 e. The third-order valence-electron chi connectivity index (χ3n) is 2.84. The molecule has 0 aromatic heterocycles. The van der Waals surface area contributed by atoms with Gasteiger partial charge in [0.05, 0.1) is 11.4 Å². The van der Waals surface area contributed by atoms with E-state index in [0.717, 1.165) is 12.1 Å². The summed E-state index contributed by atoms with van der Waals surface area (Å²) in [6.45, 7) is 6.06. The van der Waals surface area contributed by atoms with Gasteiger partial charge in [-0.15, -0.1) is 0 Å². The summed E-state index contributed by atoms with van der Waals surface area (Å²) in [7, 11) is 0. The van der Waals surface area contributed by atoms with Crippen molar-refractivity contribution in [2.45, 2.75) is 33.3 Å². The minimum absolute atomic E-state index is 0.265. The van der Waals surface area contributed by atoms with Crippen molar-refractivity contribution < 1.29 is 9.53 Å². The predicted molar refractivity (Wildman–Crippen MR) is 76.8 cm³/mol. The topological polar surface area (TPSA) is 41.9 Å². The Morgan fingerprint density at radius 3 is 2.58 bits per heavy atom. The fourth-order valence-corrected chi connectivity index (χ4v) is 2.02. The second kappa shape index (κ2) is 5.61. The molecule has 0 saturated heterocycles. The van der Waals surface area contributed by atoms with Crippen LogP contribution in [0, 0.1) is 5.92 Å². The van der Waals surface area contributed by atoms with Crippen molar-refractivity contribution in [1.29, 1.82) is 0 Å².